The van der Waals surface area contributed by atoms with Crippen molar-refractivity contribution in [2.45, 2.75) is 6.54 Å². The number of anilines is 1. The molecule has 22 heavy (non-hydrogen) atoms. The van der Waals surface area contributed by atoms with Gasteiger partial charge in [0.1, 0.15) is 11.4 Å². The van der Waals surface area contributed by atoms with Crippen LogP contribution < -0.4 is 15.0 Å². The highest BCUT2D eigenvalue weighted by Gasteiger charge is 2.22. The minimum Gasteiger partial charge on any atom is -0.482 e. The molecule has 0 aliphatic carbocycles. The zero-order valence-corrected chi connectivity index (χ0v) is 11.9. The van der Waals surface area contributed by atoms with Crippen LogP contribution in [0, 0.1) is 0 Å². The standard InChI is InChI=1S/C15H14N4O3/c1-19-12-6-10(2-3-13(12)22-9-14(19)20)7-18-15(21)11-8-16-4-5-17-11/h2-6,8H,7,9H2,1H3,(H,18,21). The lowest BCUT2D eigenvalue weighted by atomic mass is 10.1. The molecule has 7 nitrogen and oxygen atoms in total. The number of nitrogens with one attached hydrogen (secondary N) is 1. The number of hydrogen-bond acceptors (Lipinski definition) is 5. The van der Waals surface area contributed by atoms with Crippen LogP contribution in [0.15, 0.2) is 36.8 Å². The average Bonchev–Trinajstić information content (AvgIpc) is 2.57. The second-order valence-corrected chi connectivity index (χ2v) is 4.82. The molecule has 0 spiro atoms. The summed E-state index contributed by atoms with van der Waals surface area (Å²) in [6.07, 6.45) is 4.38. The predicted molar refractivity (Wildman–Crippen MR) is 78.5 cm³/mol. The number of rotatable bonds is 3. The van der Waals surface area contributed by atoms with Crippen LogP contribution in [0.25, 0.3) is 0 Å². The molecule has 3 rings (SSSR count). The number of amides is 2. The van der Waals surface area contributed by atoms with Gasteiger partial charge in [0, 0.05) is 26.0 Å². The monoisotopic (exact) mass is 298 g/mol. The zero-order valence-electron chi connectivity index (χ0n) is 11.9. The first-order chi connectivity index (χ1) is 10.6. The number of aromatic nitrogens is 2. The van der Waals surface area contributed by atoms with E-state index in [0.717, 1.165) is 5.56 Å². The lowest BCUT2D eigenvalue weighted by Gasteiger charge is -2.26. The van der Waals surface area contributed by atoms with Gasteiger partial charge in [0.15, 0.2) is 6.61 Å². The average molecular weight is 298 g/mol. The molecule has 1 aliphatic rings. The van der Waals surface area contributed by atoms with E-state index in [4.69, 9.17) is 4.74 Å². The fourth-order valence-corrected chi connectivity index (χ4v) is 2.12. The maximum atomic E-state index is 11.9. The first-order valence-electron chi connectivity index (χ1n) is 6.71. The highest BCUT2D eigenvalue weighted by Crippen LogP contribution is 2.31. The number of fused-ring (bicyclic) bond motifs is 1. The Morgan fingerprint density at radius 3 is 3.05 bits per heavy atom. The van der Waals surface area contributed by atoms with E-state index in [0.29, 0.717) is 18.0 Å². The number of benzene rings is 1. The van der Waals surface area contributed by atoms with E-state index >= 15 is 0 Å². The molecule has 0 saturated heterocycles. The summed E-state index contributed by atoms with van der Waals surface area (Å²) in [5, 5.41) is 2.76. The Kier molecular flexibility index (Phi) is 3.69. The van der Waals surface area contributed by atoms with Gasteiger partial charge >= 0.3 is 0 Å². The van der Waals surface area contributed by atoms with Gasteiger partial charge in [-0.3, -0.25) is 14.6 Å². The Hall–Kier alpha value is -2.96. The minimum absolute atomic E-state index is 0.0479. The summed E-state index contributed by atoms with van der Waals surface area (Å²) < 4.78 is 5.36. The number of carbonyl (C=O) groups excluding carboxylic acids is 2. The zero-order chi connectivity index (χ0) is 15.5. The van der Waals surface area contributed by atoms with Crippen LogP contribution >= 0.6 is 0 Å². The first kappa shape index (κ1) is 14.0. The Balaban J connectivity index is 1.72. The highest BCUT2D eigenvalue weighted by molar-refractivity contribution is 5.97. The van der Waals surface area contributed by atoms with Crippen molar-refractivity contribution >= 4 is 17.5 Å². The molecule has 0 fully saturated rings. The molecule has 2 amide bonds. The largest absolute Gasteiger partial charge is 0.482 e. The number of carbonyl (C=O) groups is 2. The van der Waals surface area contributed by atoms with E-state index in [9.17, 15) is 9.59 Å². The second kappa shape index (κ2) is 5.80. The Labute approximate surface area is 126 Å². The quantitative estimate of drug-likeness (QED) is 0.904. The molecule has 1 N–H and O–H groups in total. The smallest absolute Gasteiger partial charge is 0.271 e. The van der Waals surface area contributed by atoms with Crippen molar-refractivity contribution in [2.24, 2.45) is 0 Å². The van der Waals surface area contributed by atoms with E-state index < -0.39 is 0 Å². The highest BCUT2D eigenvalue weighted by atomic mass is 16.5. The summed E-state index contributed by atoms with van der Waals surface area (Å²) >= 11 is 0. The molecule has 0 radical (unpaired) electrons. The van der Waals surface area contributed by atoms with Crippen molar-refractivity contribution < 1.29 is 14.3 Å². The Morgan fingerprint density at radius 1 is 1.41 bits per heavy atom. The van der Waals surface area contributed by atoms with Crippen molar-refractivity contribution in [1.29, 1.82) is 0 Å². The molecule has 0 saturated carbocycles. The maximum absolute atomic E-state index is 11.9. The molecular weight excluding hydrogens is 284 g/mol. The van der Waals surface area contributed by atoms with Gasteiger partial charge < -0.3 is 15.0 Å². The van der Waals surface area contributed by atoms with Gasteiger partial charge in [-0.25, -0.2) is 4.98 Å². The molecule has 1 aliphatic heterocycles. The molecule has 2 aromatic rings. The van der Waals surface area contributed by atoms with Gasteiger partial charge in [-0.1, -0.05) is 6.07 Å². The summed E-state index contributed by atoms with van der Waals surface area (Å²) in [5.74, 6) is 0.255. The summed E-state index contributed by atoms with van der Waals surface area (Å²) in [6, 6.07) is 5.46. The fraction of sp³-hybridized carbons (Fsp3) is 0.200. The van der Waals surface area contributed by atoms with E-state index in [1.807, 2.05) is 12.1 Å². The normalized spacial score (nSPS) is 13.3. The SMILES string of the molecule is CN1C(=O)COc2ccc(CNC(=O)c3cnccn3)cc21. The topological polar surface area (TPSA) is 84.4 Å². The van der Waals surface area contributed by atoms with Crippen molar-refractivity contribution in [3.8, 4) is 5.75 Å². The van der Waals surface area contributed by atoms with Gasteiger partial charge in [0.25, 0.3) is 11.8 Å². The van der Waals surface area contributed by atoms with E-state index in [2.05, 4.69) is 15.3 Å². The number of hydrogen-bond donors (Lipinski definition) is 1. The van der Waals surface area contributed by atoms with Crippen molar-refractivity contribution in [1.82, 2.24) is 15.3 Å². The van der Waals surface area contributed by atoms with Gasteiger partial charge in [0.2, 0.25) is 0 Å². The van der Waals surface area contributed by atoms with E-state index in [1.165, 1.54) is 18.6 Å². The van der Waals surface area contributed by atoms with E-state index in [-0.39, 0.29) is 24.1 Å². The van der Waals surface area contributed by atoms with Gasteiger partial charge in [-0.15, -0.1) is 0 Å². The van der Waals surface area contributed by atoms with Crippen LogP contribution in [0.4, 0.5) is 5.69 Å². The predicted octanol–water partition coefficient (Wildman–Crippen LogP) is 0.762. The Bertz CT molecular complexity index is 718. The molecular formula is C15H14N4O3. The van der Waals surface area contributed by atoms with Crippen LogP contribution in [0.1, 0.15) is 16.1 Å². The fourth-order valence-electron chi connectivity index (χ4n) is 2.12. The van der Waals surface area contributed by atoms with Crippen LogP contribution in [-0.2, 0) is 11.3 Å². The van der Waals surface area contributed by atoms with Crippen molar-refractivity contribution in [2.75, 3.05) is 18.6 Å². The maximum Gasteiger partial charge on any atom is 0.271 e. The van der Waals surface area contributed by atoms with Gasteiger partial charge in [0.05, 0.1) is 11.9 Å². The van der Waals surface area contributed by atoms with Gasteiger partial charge in [-0.05, 0) is 17.7 Å². The van der Waals surface area contributed by atoms with Crippen molar-refractivity contribution in [3.63, 3.8) is 0 Å². The van der Waals surface area contributed by atoms with Gasteiger partial charge in [-0.2, -0.15) is 0 Å². The summed E-state index contributed by atoms with van der Waals surface area (Å²) in [6.45, 7) is 0.372. The van der Waals surface area contributed by atoms with E-state index in [1.54, 1.807) is 18.0 Å². The van der Waals surface area contributed by atoms with Crippen LogP contribution in [0.3, 0.4) is 0 Å². The molecule has 1 aromatic carbocycles. The number of ether oxygens (including phenoxy) is 1. The lowest BCUT2D eigenvalue weighted by Crippen LogP contribution is -2.35. The van der Waals surface area contributed by atoms with Crippen LogP contribution in [-0.4, -0.2) is 35.4 Å². The number of nitrogens with zero attached hydrogens (tertiary/aromatic N) is 3. The molecule has 0 unspecified atom stereocenters. The third kappa shape index (κ3) is 2.73. The third-order valence-corrected chi connectivity index (χ3v) is 3.36. The lowest BCUT2D eigenvalue weighted by molar-refractivity contribution is -0.120. The molecule has 0 bridgehead atoms. The summed E-state index contributed by atoms with van der Waals surface area (Å²) in [4.78, 5) is 32.9. The van der Waals surface area contributed by atoms with Crippen LogP contribution in [0.2, 0.25) is 0 Å². The first-order valence-corrected chi connectivity index (χ1v) is 6.71. The minimum atomic E-state index is -0.300. The van der Waals surface area contributed by atoms with Crippen LogP contribution in [0.5, 0.6) is 5.75 Å². The summed E-state index contributed by atoms with van der Waals surface area (Å²) in [7, 11) is 1.70. The molecule has 7 heteroatoms. The molecule has 0 atom stereocenters. The molecule has 1 aromatic heterocycles. The Morgan fingerprint density at radius 2 is 2.27 bits per heavy atom. The molecule has 2 heterocycles. The number of likely N-dealkylation sites (N-methyl/N-ethyl adjacent to an activating group) is 1. The van der Waals surface area contributed by atoms with Crippen molar-refractivity contribution in [3.05, 3.63) is 48.0 Å². The second-order valence-electron chi connectivity index (χ2n) is 4.82. The third-order valence-electron chi connectivity index (χ3n) is 3.36. The summed E-state index contributed by atoms with van der Waals surface area (Å²) in [5.41, 5.74) is 1.82. The molecule has 112 valence electrons.